The van der Waals surface area contributed by atoms with Gasteiger partial charge in [0.1, 0.15) is 5.75 Å². The van der Waals surface area contributed by atoms with Gasteiger partial charge < -0.3 is 10.1 Å². The molecule has 0 heterocycles. The molecule has 1 aromatic rings. The Morgan fingerprint density at radius 1 is 1.43 bits per heavy atom. The first-order chi connectivity index (χ1) is 6.63. The van der Waals surface area contributed by atoms with Crippen LogP contribution in [0, 0.1) is 0 Å². The molecule has 14 heavy (non-hydrogen) atoms. The first-order valence-electron chi connectivity index (χ1n) is 4.73. The van der Waals surface area contributed by atoms with Crippen molar-refractivity contribution < 1.29 is 4.74 Å². The number of ether oxygens (including phenoxy) is 1. The van der Waals surface area contributed by atoms with E-state index in [4.69, 9.17) is 4.74 Å². The number of halogens is 1. The molecule has 0 radical (unpaired) electrons. The van der Waals surface area contributed by atoms with E-state index >= 15 is 0 Å². The van der Waals surface area contributed by atoms with Crippen molar-refractivity contribution in [2.24, 2.45) is 0 Å². The number of hydrogen-bond acceptors (Lipinski definition) is 2. The minimum absolute atomic E-state index is 0.210. The Bertz CT molecular complexity index is 299. The Balaban J connectivity index is 2.79. The van der Waals surface area contributed by atoms with Crippen LogP contribution < -0.4 is 10.1 Å². The smallest absolute Gasteiger partial charge is 0.133 e. The SMILES string of the molecule is CNCc1ccc(OC(C)C)c(Br)c1. The number of rotatable bonds is 4. The molecule has 2 nitrogen and oxygen atoms in total. The molecule has 0 saturated carbocycles. The lowest BCUT2D eigenvalue weighted by molar-refractivity contribution is 0.241. The molecule has 0 bridgehead atoms. The Hall–Kier alpha value is -0.540. The summed E-state index contributed by atoms with van der Waals surface area (Å²) >= 11 is 3.49. The van der Waals surface area contributed by atoms with E-state index in [0.717, 1.165) is 16.8 Å². The second kappa shape index (κ2) is 5.37. The topological polar surface area (TPSA) is 21.3 Å². The third-order valence-corrected chi connectivity index (χ3v) is 2.36. The van der Waals surface area contributed by atoms with E-state index in [9.17, 15) is 0 Å². The summed E-state index contributed by atoms with van der Waals surface area (Å²) in [7, 11) is 1.94. The summed E-state index contributed by atoms with van der Waals surface area (Å²) in [5.41, 5.74) is 1.25. The second-order valence-electron chi connectivity index (χ2n) is 3.46. The van der Waals surface area contributed by atoms with Gasteiger partial charge in [0.25, 0.3) is 0 Å². The summed E-state index contributed by atoms with van der Waals surface area (Å²) in [5, 5.41) is 3.11. The van der Waals surface area contributed by atoms with Crippen molar-refractivity contribution >= 4 is 15.9 Å². The molecule has 3 heteroatoms. The van der Waals surface area contributed by atoms with Gasteiger partial charge in [0.15, 0.2) is 0 Å². The van der Waals surface area contributed by atoms with Crippen molar-refractivity contribution in [1.82, 2.24) is 5.32 Å². The average Bonchev–Trinajstić information content (AvgIpc) is 2.10. The van der Waals surface area contributed by atoms with E-state index in [1.807, 2.05) is 27.0 Å². The number of benzene rings is 1. The van der Waals surface area contributed by atoms with Gasteiger partial charge in [0.05, 0.1) is 10.6 Å². The molecule has 0 aliphatic rings. The minimum atomic E-state index is 0.210. The fraction of sp³-hybridized carbons (Fsp3) is 0.455. The van der Waals surface area contributed by atoms with Crippen LogP contribution >= 0.6 is 15.9 Å². The molecule has 0 saturated heterocycles. The summed E-state index contributed by atoms with van der Waals surface area (Å²) < 4.78 is 6.62. The number of hydrogen-bond donors (Lipinski definition) is 1. The summed E-state index contributed by atoms with van der Waals surface area (Å²) in [6.07, 6.45) is 0.210. The average molecular weight is 258 g/mol. The van der Waals surface area contributed by atoms with Gasteiger partial charge in [0, 0.05) is 6.54 Å². The van der Waals surface area contributed by atoms with Crippen molar-refractivity contribution in [2.45, 2.75) is 26.5 Å². The standard InChI is InChI=1S/C11H16BrNO/c1-8(2)14-11-5-4-9(7-13-3)6-10(11)12/h4-6,8,13H,7H2,1-3H3. The van der Waals surface area contributed by atoms with E-state index in [-0.39, 0.29) is 6.10 Å². The molecule has 0 aliphatic heterocycles. The highest BCUT2D eigenvalue weighted by molar-refractivity contribution is 9.10. The lowest BCUT2D eigenvalue weighted by Gasteiger charge is -2.12. The van der Waals surface area contributed by atoms with E-state index in [1.165, 1.54) is 5.56 Å². The fourth-order valence-corrected chi connectivity index (χ4v) is 1.73. The zero-order chi connectivity index (χ0) is 10.6. The van der Waals surface area contributed by atoms with Crippen LogP contribution in [0.25, 0.3) is 0 Å². The Morgan fingerprint density at radius 3 is 2.64 bits per heavy atom. The molecule has 0 aromatic heterocycles. The monoisotopic (exact) mass is 257 g/mol. The minimum Gasteiger partial charge on any atom is -0.490 e. The maximum absolute atomic E-state index is 5.61. The van der Waals surface area contributed by atoms with Crippen molar-refractivity contribution in [3.8, 4) is 5.75 Å². The molecule has 0 aliphatic carbocycles. The molecule has 78 valence electrons. The van der Waals surface area contributed by atoms with Gasteiger partial charge in [-0.2, -0.15) is 0 Å². The molecule has 1 rings (SSSR count). The number of nitrogens with one attached hydrogen (secondary N) is 1. The maximum atomic E-state index is 5.61. The first kappa shape index (κ1) is 11.5. The maximum Gasteiger partial charge on any atom is 0.133 e. The zero-order valence-corrected chi connectivity index (χ0v) is 10.4. The van der Waals surface area contributed by atoms with E-state index in [2.05, 4.69) is 33.4 Å². The Labute approximate surface area is 93.8 Å². The molecule has 0 atom stereocenters. The summed E-state index contributed by atoms with van der Waals surface area (Å²) in [6.45, 7) is 4.92. The van der Waals surface area contributed by atoms with E-state index in [1.54, 1.807) is 0 Å². The van der Waals surface area contributed by atoms with Gasteiger partial charge >= 0.3 is 0 Å². The Kier molecular flexibility index (Phi) is 4.42. The van der Waals surface area contributed by atoms with E-state index in [0.29, 0.717) is 0 Å². The molecule has 1 aromatic carbocycles. The van der Waals surface area contributed by atoms with Gasteiger partial charge in [-0.15, -0.1) is 0 Å². The van der Waals surface area contributed by atoms with Crippen LogP contribution in [0.2, 0.25) is 0 Å². The van der Waals surface area contributed by atoms with Crippen LogP contribution in [0.1, 0.15) is 19.4 Å². The van der Waals surface area contributed by atoms with Gasteiger partial charge in [-0.1, -0.05) is 6.07 Å². The lowest BCUT2D eigenvalue weighted by atomic mass is 10.2. The molecular formula is C11H16BrNO. The van der Waals surface area contributed by atoms with Crippen LogP contribution in [-0.2, 0) is 6.54 Å². The van der Waals surface area contributed by atoms with Crippen molar-refractivity contribution in [3.05, 3.63) is 28.2 Å². The van der Waals surface area contributed by atoms with Crippen LogP contribution in [-0.4, -0.2) is 13.2 Å². The van der Waals surface area contributed by atoms with Gasteiger partial charge in [0.2, 0.25) is 0 Å². The van der Waals surface area contributed by atoms with Crippen LogP contribution in [0.5, 0.6) is 5.75 Å². The predicted molar refractivity (Wildman–Crippen MR) is 62.7 cm³/mol. The molecular weight excluding hydrogens is 242 g/mol. The third-order valence-electron chi connectivity index (χ3n) is 1.74. The normalized spacial score (nSPS) is 10.6. The van der Waals surface area contributed by atoms with Crippen LogP contribution in [0.15, 0.2) is 22.7 Å². The molecule has 1 N–H and O–H groups in total. The fourth-order valence-electron chi connectivity index (χ4n) is 1.21. The van der Waals surface area contributed by atoms with Crippen molar-refractivity contribution in [2.75, 3.05) is 7.05 Å². The molecule has 0 unspecified atom stereocenters. The van der Waals surface area contributed by atoms with Crippen molar-refractivity contribution in [3.63, 3.8) is 0 Å². The molecule has 0 spiro atoms. The van der Waals surface area contributed by atoms with E-state index < -0.39 is 0 Å². The molecule has 0 amide bonds. The van der Waals surface area contributed by atoms with Crippen molar-refractivity contribution in [1.29, 1.82) is 0 Å². The molecule has 0 fully saturated rings. The van der Waals surface area contributed by atoms with Crippen LogP contribution in [0.3, 0.4) is 0 Å². The third kappa shape index (κ3) is 3.31. The van der Waals surface area contributed by atoms with Gasteiger partial charge in [-0.05, 0) is 54.5 Å². The largest absolute Gasteiger partial charge is 0.490 e. The summed E-state index contributed by atoms with van der Waals surface area (Å²) in [6, 6.07) is 6.14. The highest BCUT2D eigenvalue weighted by atomic mass is 79.9. The first-order valence-corrected chi connectivity index (χ1v) is 5.52. The lowest BCUT2D eigenvalue weighted by Crippen LogP contribution is -2.07. The van der Waals surface area contributed by atoms with Gasteiger partial charge in [-0.3, -0.25) is 0 Å². The quantitative estimate of drug-likeness (QED) is 0.896. The van der Waals surface area contributed by atoms with Crippen LogP contribution in [0.4, 0.5) is 0 Å². The summed E-state index contributed by atoms with van der Waals surface area (Å²) in [5.74, 6) is 0.903. The predicted octanol–water partition coefficient (Wildman–Crippen LogP) is 2.96. The zero-order valence-electron chi connectivity index (χ0n) is 8.80. The highest BCUT2D eigenvalue weighted by Gasteiger charge is 2.03. The highest BCUT2D eigenvalue weighted by Crippen LogP contribution is 2.26. The van der Waals surface area contributed by atoms with Gasteiger partial charge in [-0.25, -0.2) is 0 Å². The summed E-state index contributed by atoms with van der Waals surface area (Å²) in [4.78, 5) is 0. The Morgan fingerprint density at radius 2 is 2.14 bits per heavy atom. The second-order valence-corrected chi connectivity index (χ2v) is 4.32.